The first kappa shape index (κ1) is 17.4. The van der Waals surface area contributed by atoms with E-state index in [4.69, 9.17) is 4.74 Å². The molecule has 0 saturated carbocycles. The number of ether oxygens (including phenoxy) is 1. The molecule has 24 heavy (non-hydrogen) atoms. The van der Waals surface area contributed by atoms with Gasteiger partial charge in [-0.15, -0.1) is 0 Å². The highest BCUT2D eigenvalue weighted by molar-refractivity contribution is 9.10. The number of hydrogen-bond acceptors (Lipinski definition) is 4. The van der Waals surface area contributed by atoms with Crippen molar-refractivity contribution in [3.63, 3.8) is 0 Å². The fourth-order valence-electron chi connectivity index (χ4n) is 3.39. The van der Waals surface area contributed by atoms with Gasteiger partial charge in [-0.25, -0.2) is 14.3 Å². The Labute approximate surface area is 151 Å². The van der Waals surface area contributed by atoms with Crippen LogP contribution in [-0.2, 0) is 4.74 Å². The number of hydrogen-bond donors (Lipinski definition) is 0. The van der Waals surface area contributed by atoms with Gasteiger partial charge in [0, 0.05) is 17.3 Å². The minimum absolute atomic E-state index is 0.244. The summed E-state index contributed by atoms with van der Waals surface area (Å²) in [6.45, 7) is 9.88. The lowest BCUT2D eigenvalue weighted by Gasteiger charge is -2.26. The summed E-state index contributed by atoms with van der Waals surface area (Å²) in [5.41, 5.74) is 1.30. The summed E-state index contributed by atoms with van der Waals surface area (Å²) in [6, 6.07) is 4.21. The third-order valence-electron chi connectivity index (χ3n) is 4.37. The molecule has 3 heterocycles. The van der Waals surface area contributed by atoms with E-state index in [0.717, 1.165) is 42.5 Å². The number of carbonyl (C=O) groups is 1. The van der Waals surface area contributed by atoms with Gasteiger partial charge in [-0.1, -0.05) is 6.92 Å². The molecule has 1 aliphatic rings. The van der Waals surface area contributed by atoms with Crippen LogP contribution < -0.4 is 0 Å². The van der Waals surface area contributed by atoms with Crippen molar-refractivity contribution < 1.29 is 9.53 Å². The quantitative estimate of drug-likeness (QED) is 0.691. The van der Waals surface area contributed by atoms with Gasteiger partial charge in [0.1, 0.15) is 10.2 Å². The second-order valence-electron chi connectivity index (χ2n) is 7.24. The van der Waals surface area contributed by atoms with Gasteiger partial charge in [0.05, 0.1) is 11.6 Å². The van der Waals surface area contributed by atoms with Crippen molar-refractivity contribution in [2.45, 2.75) is 52.2 Å². The number of likely N-dealkylation sites (tertiary alicyclic amines) is 1. The van der Waals surface area contributed by atoms with Crippen molar-refractivity contribution in [1.82, 2.24) is 14.5 Å². The lowest BCUT2D eigenvalue weighted by atomic mass is 10.1. The van der Waals surface area contributed by atoms with Crippen LogP contribution in [0.15, 0.2) is 22.9 Å². The van der Waals surface area contributed by atoms with Crippen molar-refractivity contribution in [2.24, 2.45) is 0 Å². The van der Waals surface area contributed by atoms with Crippen LogP contribution in [0.1, 0.15) is 52.3 Å². The first-order valence-corrected chi connectivity index (χ1v) is 9.24. The molecule has 2 aromatic rings. The molecule has 0 spiro atoms. The molecule has 1 fully saturated rings. The number of halogens is 1. The topological polar surface area (TPSA) is 47.4 Å². The lowest BCUT2D eigenvalue weighted by molar-refractivity contribution is 0.0533. The summed E-state index contributed by atoms with van der Waals surface area (Å²) < 4.78 is 8.11. The molecule has 0 aliphatic carbocycles. The Bertz CT molecular complexity index is 763. The fourth-order valence-corrected chi connectivity index (χ4v) is 3.71. The minimum Gasteiger partial charge on any atom is -0.443 e. The van der Waals surface area contributed by atoms with Gasteiger partial charge in [-0.05, 0) is 74.8 Å². The number of carbonyl (C=O) groups excluding carboxylic acids is 1. The standard InChI is InChI=1S/C18H24BrN3O2/c1-5-21-8-6-7-13(21)15-9-12-11-20-16(19)10-14(12)22(15)17(23)24-18(2,3)4/h9-11,13H,5-8H2,1-4H3/t13-/m1/s1. The summed E-state index contributed by atoms with van der Waals surface area (Å²) in [5.74, 6) is 0. The molecule has 0 amide bonds. The molecule has 0 unspecified atom stereocenters. The fraction of sp³-hybridized carbons (Fsp3) is 0.556. The molecule has 0 N–H and O–H groups in total. The van der Waals surface area contributed by atoms with Crippen LogP contribution >= 0.6 is 15.9 Å². The number of pyridine rings is 1. The van der Waals surface area contributed by atoms with E-state index >= 15 is 0 Å². The second-order valence-corrected chi connectivity index (χ2v) is 8.05. The van der Waals surface area contributed by atoms with E-state index in [2.05, 4.69) is 38.8 Å². The van der Waals surface area contributed by atoms with Gasteiger partial charge in [0.15, 0.2) is 0 Å². The van der Waals surface area contributed by atoms with Gasteiger partial charge in [-0.2, -0.15) is 0 Å². The average molecular weight is 394 g/mol. The van der Waals surface area contributed by atoms with Crippen LogP contribution in [0.4, 0.5) is 4.79 Å². The van der Waals surface area contributed by atoms with E-state index in [0.29, 0.717) is 4.60 Å². The minimum atomic E-state index is -0.532. The highest BCUT2D eigenvalue weighted by Gasteiger charge is 2.31. The van der Waals surface area contributed by atoms with Gasteiger partial charge >= 0.3 is 6.09 Å². The van der Waals surface area contributed by atoms with Crippen LogP contribution in [-0.4, -0.2) is 39.2 Å². The van der Waals surface area contributed by atoms with Crippen molar-refractivity contribution >= 4 is 32.9 Å². The predicted molar refractivity (Wildman–Crippen MR) is 98.3 cm³/mol. The summed E-state index contributed by atoms with van der Waals surface area (Å²) >= 11 is 3.41. The van der Waals surface area contributed by atoms with Gasteiger partial charge in [0.2, 0.25) is 0 Å². The third-order valence-corrected chi connectivity index (χ3v) is 4.80. The zero-order chi connectivity index (χ0) is 17.5. The molecule has 0 radical (unpaired) electrons. The SMILES string of the molecule is CCN1CCC[C@@H]1c1cc2cnc(Br)cc2n1C(=O)OC(C)(C)C. The zero-order valence-electron chi connectivity index (χ0n) is 14.7. The Morgan fingerprint density at radius 1 is 1.42 bits per heavy atom. The van der Waals surface area contributed by atoms with Gasteiger partial charge in [-0.3, -0.25) is 4.90 Å². The van der Waals surface area contributed by atoms with Crippen LogP contribution in [0.25, 0.3) is 10.9 Å². The molecule has 1 atom stereocenters. The molecule has 3 rings (SSSR count). The Balaban J connectivity index is 2.14. The smallest absolute Gasteiger partial charge is 0.419 e. The van der Waals surface area contributed by atoms with Gasteiger partial charge in [0.25, 0.3) is 0 Å². The Morgan fingerprint density at radius 2 is 2.17 bits per heavy atom. The normalized spacial score (nSPS) is 19.1. The Kier molecular flexibility index (Phi) is 4.71. The summed E-state index contributed by atoms with van der Waals surface area (Å²) in [5, 5.41) is 0.960. The largest absolute Gasteiger partial charge is 0.443 e. The number of rotatable bonds is 2. The van der Waals surface area contributed by atoms with Crippen LogP contribution in [0.5, 0.6) is 0 Å². The lowest BCUT2D eigenvalue weighted by Crippen LogP contribution is -2.30. The van der Waals surface area contributed by atoms with E-state index < -0.39 is 5.60 Å². The third kappa shape index (κ3) is 3.35. The Morgan fingerprint density at radius 3 is 2.83 bits per heavy atom. The molecule has 130 valence electrons. The zero-order valence-corrected chi connectivity index (χ0v) is 16.3. The molecule has 5 nitrogen and oxygen atoms in total. The monoisotopic (exact) mass is 393 g/mol. The van der Waals surface area contributed by atoms with E-state index in [-0.39, 0.29) is 12.1 Å². The van der Waals surface area contributed by atoms with Gasteiger partial charge < -0.3 is 4.74 Å². The number of nitrogens with zero attached hydrogens (tertiary/aromatic N) is 3. The van der Waals surface area contributed by atoms with E-state index in [1.807, 2.05) is 26.8 Å². The highest BCUT2D eigenvalue weighted by atomic mass is 79.9. The molecule has 0 bridgehead atoms. The molecule has 1 aliphatic heterocycles. The van der Waals surface area contributed by atoms with Crippen LogP contribution in [0.2, 0.25) is 0 Å². The highest BCUT2D eigenvalue weighted by Crippen LogP contribution is 2.35. The van der Waals surface area contributed by atoms with E-state index in [1.165, 1.54) is 0 Å². The average Bonchev–Trinajstić information content (AvgIpc) is 3.08. The first-order chi connectivity index (χ1) is 11.3. The molecule has 1 saturated heterocycles. The number of aromatic nitrogens is 2. The van der Waals surface area contributed by atoms with Crippen molar-refractivity contribution in [3.05, 3.63) is 28.6 Å². The predicted octanol–water partition coefficient (Wildman–Crippen LogP) is 4.74. The Hall–Kier alpha value is -1.40. The summed E-state index contributed by atoms with van der Waals surface area (Å²) in [7, 11) is 0. The summed E-state index contributed by atoms with van der Waals surface area (Å²) in [4.78, 5) is 19.6. The summed E-state index contributed by atoms with van der Waals surface area (Å²) in [6.07, 6.45) is 3.68. The molecule has 0 aromatic carbocycles. The van der Waals surface area contributed by atoms with Crippen LogP contribution in [0, 0.1) is 0 Å². The van der Waals surface area contributed by atoms with Crippen molar-refractivity contribution in [2.75, 3.05) is 13.1 Å². The molecular formula is C18H24BrN3O2. The van der Waals surface area contributed by atoms with E-state index in [9.17, 15) is 4.79 Å². The molecule has 6 heteroatoms. The van der Waals surface area contributed by atoms with Crippen molar-refractivity contribution in [1.29, 1.82) is 0 Å². The maximum Gasteiger partial charge on any atom is 0.419 e. The van der Waals surface area contributed by atoms with Crippen LogP contribution in [0.3, 0.4) is 0 Å². The molecule has 2 aromatic heterocycles. The number of fused-ring (bicyclic) bond motifs is 1. The van der Waals surface area contributed by atoms with E-state index in [1.54, 1.807) is 10.8 Å². The maximum absolute atomic E-state index is 12.9. The molecular weight excluding hydrogens is 370 g/mol. The first-order valence-electron chi connectivity index (χ1n) is 8.44. The van der Waals surface area contributed by atoms with Crippen molar-refractivity contribution in [3.8, 4) is 0 Å². The second kappa shape index (κ2) is 6.48. The maximum atomic E-state index is 12.9.